The van der Waals surface area contributed by atoms with Crippen LogP contribution in [0.5, 0.6) is 0 Å². The van der Waals surface area contributed by atoms with E-state index in [-0.39, 0.29) is 4.75 Å². The van der Waals surface area contributed by atoms with Crippen molar-refractivity contribution in [2.75, 3.05) is 11.5 Å². The van der Waals surface area contributed by atoms with Gasteiger partial charge in [-0.15, -0.1) is 11.8 Å². The average Bonchev–Trinajstić information content (AvgIpc) is 2.50. The maximum absolute atomic E-state index is 10.9. The molecule has 1 N–H and O–H groups in total. The second-order valence-electron chi connectivity index (χ2n) is 3.29. The number of aliphatic imine (C=N–C) groups is 1. The summed E-state index contributed by atoms with van der Waals surface area (Å²) in [7, 11) is 0. The van der Waals surface area contributed by atoms with Crippen molar-refractivity contribution in [3.8, 4) is 0 Å². The first-order valence-corrected chi connectivity index (χ1v) is 6.28. The highest BCUT2D eigenvalue weighted by molar-refractivity contribution is 8.13. The van der Waals surface area contributed by atoms with Crippen LogP contribution in [0.2, 0.25) is 0 Å². The van der Waals surface area contributed by atoms with Gasteiger partial charge in [0.1, 0.15) is 0 Å². The minimum absolute atomic E-state index is 0.114. The van der Waals surface area contributed by atoms with E-state index < -0.39 is 12.0 Å². The van der Waals surface area contributed by atoms with Gasteiger partial charge in [0.25, 0.3) is 0 Å². The van der Waals surface area contributed by atoms with Gasteiger partial charge in [-0.1, -0.05) is 0 Å². The number of hydrogen-bond donors (Lipinski definition) is 1. The van der Waals surface area contributed by atoms with Gasteiger partial charge < -0.3 is 5.11 Å². The topological polar surface area (TPSA) is 49.7 Å². The van der Waals surface area contributed by atoms with Gasteiger partial charge in [0, 0.05) is 0 Å². The normalized spacial score (nSPS) is 30.9. The Morgan fingerprint density at radius 2 is 2.23 bits per heavy atom. The fraction of sp³-hybridized carbons (Fsp3) is 0.750. The van der Waals surface area contributed by atoms with Crippen LogP contribution in [0.1, 0.15) is 12.8 Å². The molecule has 2 heterocycles. The Hall–Kier alpha value is -0.160. The molecule has 0 aromatic rings. The molecule has 0 aromatic carbocycles. The minimum Gasteiger partial charge on any atom is -0.480 e. The molecule has 2 aliphatic rings. The second kappa shape index (κ2) is 3.53. The van der Waals surface area contributed by atoms with Crippen LogP contribution in [0.25, 0.3) is 0 Å². The Balaban J connectivity index is 2.16. The molecule has 0 amide bonds. The summed E-state index contributed by atoms with van der Waals surface area (Å²) in [6.45, 7) is 0. The fourth-order valence-corrected chi connectivity index (χ4v) is 4.40. The van der Waals surface area contributed by atoms with Gasteiger partial charge in [-0.3, -0.25) is 4.99 Å². The zero-order valence-corrected chi connectivity index (χ0v) is 8.74. The third-order valence-corrected chi connectivity index (χ3v) is 4.88. The second-order valence-corrected chi connectivity index (χ2v) is 5.77. The van der Waals surface area contributed by atoms with Crippen LogP contribution in [0.3, 0.4) is 0 Å². The lowest BCUT2D eigenvalue weighted by molar-refractivity contribution is -0.139. The lowest BCUT2D eigenvalue weighted by Crippen LogP contribution is -2.43. The van der Waals surface area contributed by atoms with Crippen molar-refractivity contribution in [1.82, 2.24) is 0 Å². The Bertz CT molecular complexity index is 249. The minimum atomic E-state index is -0.770. The van der Waals surface area contributed by atoms with E-state index in [1.807, 2.05) is 11.8 Å². The molecule has 1 saturated heterocycles. The summed E-state index contributed by atoms with van der Waals surface area (Å²) >= 11 is 3.52. The van der Waals surface area contributed by atoms with Crippen molar-refractivity contribution in [1.29, 1.82) is 0 Å². The van der Waals surface area contributed by atoms with Crippen LogP contribution in [-0.2, 0) is 4.79 Å². The van der Waals surface area contributed by atoms with Gasteiger partial charge in [-0.05, 0) is 24.3 Å². The van der Waals surface area contributed by atoms with Gasteiger partial charge >= 0.3 is 5.97 Å². The van der Waals surface area contributed by atoms with Crippen molar-refractivity contribution in [3.05, 3.63) is 0 Å². The zero-order valence-electron chi connectivity index (χ0n) is 7.10. The van der Waals surface area contributed by atoms with Gasteiger partial charge in [-0.2, -0.15) is 11.8 Å². The summed E-state index contributed by atoms with van der Waals surface area (Å²) in [5.41, 5.74) is 1.72. The highest BCUT2D eigenvalue weighted by atomic mass is 32.2. The third kappa shape index (κ3) is 1.59. The van der Waals surface area contributed by atoms with E-state index in [2.05, 4.69) is 4.99 Å². The summed E-state index contributed by atoms with van der Waals surface area (Å²) in [6.07, 6.45) is 1.94. The predicted molar refractivity (Wildman–Crippen MR) is 56.8 cm³/mol. The zero-order chi connectivity index (χ0) is 9.31. The SMILES string of the molecule is O=C(O)C1N=CSC12CCSCC2. The monoisotopic (exact) mass is 217 g/mol. The third-order valence-electron chi connectivity index (χ3n) is 2.57. The Kier molecular flexibility index (Phi) is 2.55. The van der Waals surface area contributed by atoms with Gasteiger partial charge in [-0.25, -0.2) is 4.79 Å². The van der Waals surface area contributed by atoms with Crippen molar-refractivity contribution < 1.29 is 9.90 Å². The van der Waals surface area contributed by atoms with E-state index in [1.54, 1.807) is 17.3 Å². The highest BCUT2D eigenvalue weighted by Gasteiger charge is 2.47. The number of carboxylic acid groups (broad SMARTS) is 1. The number of hydrogen-bond acceptors (Lipinski definition) is 4. The first-order valence-electron chi connectivity index (χ1n) is 4.25. The molecule has 13 heavy (non-hydrogen) atoms. The van der Waals surface area contributed by atoms with Crippen molar-refractivity contribution in [2.45, 2.75) is 23.6 Å². The lowest BCUT2D eigenvalue weighted by Gasteiger charge is -2.34. The molecule has 5 heteroatoms. The van der Waals surface area contributed by atoms with E-state index in [0.29, 0.717) is 0 Å². The summed E-state index contributed by atoms with van der Waals surface area (Å²) in [5.74, 6) is 1.37. The first-order chi connectivity index (χ1) is 6.25. The molecule has 0 aliphatic carbocycles. The van der Waals surface area contributed by atoms with E-state index in [9.17, 15) is 4.79 Å². The average molecular weight is 217 g/mol. The molecule has 2 aliphatic heterocycles. The standard InChI is InChI=1S/C8H11NO2S2/c10-7(11)6-8(13-5-9-6)1-3-12-4-2-8/h5-6H,1-4H2,(H,10,11). The van der Waals surface area contributed by atoms with Gasteiger partial charge in [0.2, 0.25) is 0 Å². The number of thioether (sulfide) groups is 2. The summed E-state index contributed by atoms with van der Waals surface area (Å²) in [5, 5.41) is 9.00. The lowest BCUT2D eigenvalue weighted by atomic mass is 9.93. The summed E-state index contributed by atoms with van der Waals surface area (Å²) in [6, 6.07) is -0.501. The molecule has 0 saturated carbocycles. The number of rotatable bonds is 1. The molecule has 3 nitrogen and oxygen atoms in total. The van der Waals surface area contributed by atoms with Crippen LogP contribution in [0, 0.1) is 0 Å². The van der Waals surface area contributed by atoms with Gasteiger partial charge in [0.15, 0.2) is 6.04 Å². The summed E-state index contributed by atoms with van der Waals surface area (Å²) in [4.78, 5) is 15.0. The molecule has 1 fully saturated rings. The maximum Gasteiger partial charge on any atom is 0.329 e. The quantitative estimate of drug-likeness (QED) is 0.723. The van der Waals surface area contributed by atoms with Crippen LogP contribution in [0.15, 0.2) is 4.99 Å². The van der Waals surface area contributed by atoms with E-state index in [4.69, 9.17) is 5.11 Å². The van der Waals surface area contributed by atoms with E-state index >= 15 is 0 Å². The number of carbonyl (C=O) groups is 1. The Morgan fingerprint density at radius 1 is 1.54 bits per heavy atom. The molecule has 0 radical (unpaired) electrons. The Morgan fingerprint density at radius 3 is 2.85 bits per heavy atom. The molecule has 72 valence electrons. The molecule has 0 aromatic heterocycles. The Labute approximate surface area is 85.4 Å². The first kappa shape index (κ1) is 9.40. The van der Waals surface area contributed by atoms with Gasteiger partial charge in [0.05, 0.1) is 10.3 Å². The molecular weight excluding hydrogens is 206 g/mol. The molecule has 2 rings (SSSR count). The van der Waals surface area contributed by atoms with Crippen molar-refractivity contribution in [2.24, 2.45) is 4.99 Å². The number of aliphatic carboxylic acids is 1. The molecule has 1 spiro atoms. The largest absolute Gasteiger partial charge is 0.480 e. The molecular formula is C8H11NO2S2. The molecule has 0 bridgehead atoms. The smallest absolute Gasteiger partial charge is 0.329 e. The molecule has 1 atom stereocenters. The van der Waals surface area contributed by atoms with E-state index in [1.165, 1.54) is 0 Å². The van der Waals surface area contributed by atoms with E-state index in [0.717, 1.165) is 24.3 Å². The number of carboxylic acids is 1. The maximum atomic E-state index is 10.9. The van der Waals surface area contributed by atoms with Crippen molar-refractivity contribution >= 4 is 35.0 Å². The van der Waals surface area contributed by atoms with Crippen LogP contribution in [-0.4, -0.2) is 38.9 Å². The summed E-state index contributed by atoms with van der Waals surface area (Å²) < 4.78 is -0.114. The number of nitrogens with zero attached hydrogens (tertiary/aromatic N) is 1. The highest BCUT2D eigenvalue weighted by Crippen LogP contribution is 2.45. The van der Waals surface area contributed by atoms with Crippen LogP contribution in [0.4, 0.5) is 0 Å². The van der Waals surface area contributed by atoms with Crippen molar-refractivity contribution in [3.63, 3.8) is 0 Å². The predicted octanol–water partition coefficient (Wildman–Crippen LogP) is 1.48. The van der Waals surface area contributed by atoms with Crippen LogP contribution < -0.4 is 0 Å². The fourth-order valence-electron chi connectivity index (χ4n) is 1.79. The van der Waals surface area contributed by atoms with Crippen LogP contribution >= 0.6 is 23.5 Å². The molecule has 1 unspecified atom stereocenters.